The molecule has 0 fully saturated rings. The van der Waals surface area contributed by atoms with E-state index in [0.29, 0.717) is 18.1 Å². The number of urea groups is 1. The van der Waals surface area contributed by atoms with Crippen molar-refractivity contribution in [1.29, 1.82) is 0 Å². The number of aromatic nitrogens is 3. The number of hydrogen-bond acceptors (Lipinski definition) is 4. The van der Waals surface area contributed by atoms with Crippen LogP contribution in [0.5, 0.6) is 0 Å². The van der Waals surface area contributed by atoms with Crippen LogP contribution in [0.25, 0.3) is 11.3 Å². The van der Waals surface area contributed by atoms with E-state index in [1.165, 1.54) is 0 Å². The first-order valence-electron chi connectivity index (χ1n) is 7.72. The molecule has 7 heteroatoms. The van der Waals surface area contributed by atoms with Crippen LogP contribution in [0.4, 0.5) is 10.6 Å². The van der Waals surface area contributed by atoms with Crippen LogP contribution in [0.2, 0.25) is 0 Å². The highest BCUT2D eigenvalue weighted by Gasteiger charge is 2.12. The zero-order chi connectivity index (χ0) is 16.8. The highest BCUT2D eigenvalue weighted by molar-refractivity contribution is 5.88. The van der Waals surface area contributed by atoms with Crippen molar-refractivity contribution in [2.75, 3.05) is 18.9 Å². The molecule has 3 aromatic rings. The number of rotatable bonds is 6. The van der Waals surface area contributed by atoms with E-state index in [1.807, 2.05) is 41.1 Å². The van der Waals surface area contributed by atoms with Crippen molar-refractivity contribution in [1.82, 2.24) is 19.6 Å². The number of amides is 2. The number of nitrogens with zero attached hydrogens (tertiary/aromatic N) is 4. The molecular formula is C17H19N5O2. The van der Waals surface area contributed by atoms with Crippen LogP contribution in [-0.4, -0.2) is 39.2 Å². The van der Waals surface area contributed by atoms with E-state index < -0.39 is 0 Å². The largest absolute Gasteiger partial charge is 0.354 e. The molecule has 7 nitrogen and oxygen atoms in total. The van der Waals surface area contributed by atoms with Crippen LogP contribution >= 0.6 is 0 Å². The van der Waals surface area contributed by atoms with Crippen LogP contribution in [-0.2, 0) is 6.54 Å². The Morgan fingerprint density at radius 2 is 2.17 bits per heavy atom. The van der Waals surface area contributed by atoms with Gasteiger partial charge in [-0.3, -0.25) is 5.32 Å². The van der Waals surface area contributed by atoms with Gasteiger partial charge in [-0.1, -0.05) is 35.5 Å². The zero-order valence-corrected chi connectivity index (χ0v) is 13.4. The summed E-state index contributed by atoms with van der Waals surface area (Å²) in [7, 11) is 1.75. The number of benzene rings is 1. The van der Waals surface area contributed by atoms with Crippen molar-refractivity contribution in [2.45, 2.75) is 13.0 Å². The van der Waals surface area contributed by atoms with Crippen molar-refractivity contribution in [3.63, 3.8) is 0 Å². The van der Waals surface area contributed by atoms with E-state index in [2.05, 4.69) is 15.5 Å². The number of anilines is 1. The molecule has 1 N–H and O–H groups in total. The lowest BCUT2D eigenvalue weighted by molar-refractivity contribution is 0.221. The van der Waals surface area contributed by atoms with Gasteiger partial charge in [0, 0.05) is 44.2 Å². The molecular weight excluding hydrogens is 306 g/mol. The quantitative estimate of drug-likeness (QED) is 0.755. The molecule has 24 heavy (non-hydrogen) atoms. The second-order valence-corrected chi connectivity index (χ2v) is 5.45. The Balaban J connectivity index is 1.50. The number of nitrogens with one attached hydrogen (secondary N) is 1. The number of hydrogen-bond donors (Lipinski definition) is 1. The molecule has 0 bridgehead atoms. The molecule has 0 unspecified atom stereocenters. The number of imidazole rings is 1. The third kappa shape index (κ3) is 4.01. The van der Waals surface area contributed by atoms with Gasteiger partial charge < -0.3 is 14.0 Å². The van der Waals surface area contributed by atoms with Gasteiger partial charge in [-0.05, 0) is 6.42 Å². The van der Waals surface area contributed by atoms with Gasteiger partial charge in [-0.15, -0.1) is 0 Å². The van der Waals surface area contributed by atoms with E-state index in [-0.39, 0.29) is 6.03 Å². The molecule has 0 radical (unpaired) electrons. The Hall–Kier alpha value is -3.09. The van der Waals surface area contributed by atoms with Crippen molar-refractivity contribution in [3.8, 4) is 11.3 Å². The number of aryl methyl sites for hydroxylation is 1. The van der Waals surface area contributed by atoms with E-state index in [1.54, 1.807) is 30.5 Å². The summed E-state index contributed by atoms with van der Waals surface area (Å²) in [6.45, 7) is 1.45. The summed E-state index contributed by atoms with van der Waals surface area (Å²) in [5.74, 6) is 1.02. The zero-order valence-electron chi connectivity index (χ0n) is 13.4. The Labute approximate surface area is 139 Å². The van der Waals surface area contributed by atoms with Gasteiger partial charge in [-0.2, -0.15) is 0 Å². The molecule has 1 aromatic carbocycles. The van der Waals surface area contributed by atoms with Gasteiger partial charge in [0.2, 0.25) is 0 Å². The van der Waals surface area contributed by atoms with Gasteiger partial charge in [-0.25, -0.2) is 9.78 Å². The van der Waals surface area contributed by atoms with Gasteiger partial charge >= 0.3 is 6.03 Å². The summed E-state index contributed by atoms with van der Waals surface area (Å²) in [5.41, 5.74) is 0.916. The smallest absolute Gasteiger partial charge is 0.322 e. The first kappa shape index (κ1) is 15.8. The maximum atomic E-state index is 12.2. The standard InChI is InChI=1S/C17H19N5O2/c1-21(9-5-10-22-11-8-18-13-22)17(23)19-16-12-15(24-20-16)14-6-3-2-4-7-14/h2-4,6-8,11-13H,5,9-10H2,1H3,(H,19,20,23). The van der Waals surface area contributed by atoms with Crippen LogP contribution in [0, 0.1) is 0 Å². The van der Waals surface area contributed by atoms with Gasteiger partial charge in [0.05, 0.1) is 6.33 Å². The van der Waals surface area contributed by atoms with Crippen molar-refractivity contribution < 1.29 is 9.32 Å². The van der Waals surface area contributed by atoms with Gasteiger partial charge in [0.1, 0.15) is 0 Å². The fourth-order valence-electron chi connectivity index (χ4n) is 2.29. The minimum absolute atomic E-state index is 0.214. The third-order valence-corrected chi connectivity index (χ3v) is 3.62. The molecule has 0 aliphatic heterocycles. The molecule has 2 aromatic heterocycles. The highest BCUT2D eigenvalue weighted by atomic mass is 16.5. The Kier molecular flexibility index (Phi) is 4.90. The van der Waals surface area contributed by atoms with Crippen molar-refractivity contribution in [2.24, 2.45) is 0 Å². The fraction of sp³-hybridized carbons (Fsp3) is 0.235. The number of carbonyl (C=O) groups is 1. The van der Waals surface area contributed by atoms with E-state index >= 15 is 0 Å². The van der Waals surface area contributed by atoms with Gasteiger partial charge in [0.25, 0.3) is 0 Å². The average molecular weight is 325 g/mol. The third-order valence-electron chi connectivity index (χ3n) is 3.62. The van der Waals surface area contributed by atoms with E-state index in [9.17, 15) is 4.79 Å². The lowest BCUT2D eigenvalue weighted by Gasteiger charge is -2.16. The predicted molar refractivity (Wildman–Crippen MR) is 90.4 cm³/mol. The monoisotopic (exact) mass is 325 g/mol. The molecule has 3 rings (SSSR count). The average Bonchev–Trinajstić information content (AvgIpc) is 3.27. The summed E-state index contributed by atoms with van der Waals surface area (Å²) >= 11 is 0. The molecule has 0 spiro atoms. The molecule has 0 saturated heterocycles. The maximum Gasteiger partial charge on any atom is 0.322 e. The minimum atomic E-state index is -0.214. The van der Waals surface area contributed by atoms with Gasteiger partial charge in [0.15, 0.2) is 11.6 Å². The summed E-state index contributed by atoms with van der Waals surface area (Å²) in [4.78, 5) is 17.8. The van der Waals surface area contributed by atoms with Crippen LogP contribution < -0.4 is 5.32 Å². The molecule has 0 aliphatic rings. The molecule has 2 amide bonds. The summed E-state index contributed by atoms with van der Waals surface area (Å²) in [6.07, 6.45) is 6.25. The Morgan fingerprint density at radius 1 is 1.33 bits per heavy atom. The van der Waals surface area contributed by atoms with Crippen molar-refractivity contribution >= 4 is 11.8 Å². The minimum Gasteiger partial charge on any atom is -0.354 e. The summed E-state index contributed by atoms with van der Waals surface area (Å²) in [6, 6.07) is 11.1. The Morgan fingerprint density at radius 3 is 2.92 bits per heavy atom. The first-order chi connectivity index (χ1) is 11.7. The lowest BCUT2D eigenvalue weighted by atomic mass is 10.2. The second-order valence-electron chi connectivity index (χ2n) is 5.45. The van der Waals surface area contributed by atoms with Crippen molar-refractivity contribution in [3.05, 3.63) is 55.1 Å². The normalized spacial score (nSPS) is 10.5. The first-order valence-corrected chi connectivity index (χ1v) is 7.72. The molecule has 0 saturated carbocycles. The fourth-order valence-corrected chi connectivity index (χ4v) is 2.29. The Bertz CT molecular complexity index is 767. The second kappa shape index (κ2) is 7.45. The van der Waals surface area contributed by atoms with Crippen LogP contribution in [0.15, 0.2) is 59.6 Å². The number of carbonyl (C=O) groups excluding carboxylic acids is 1. The molecule has 0 aliphatic carbocycles. The van der Waals surface area contributed by atoms with Crippen LogP contribution in [0.3, 0.4) is 0 Å². The summed E-state index contributed by atoms with van der Waals surface area (Å²) in [5, 5.41) is 6.63. The topological polar surface area (TPSA) is 76.2 Å². The molecule has 124 valence electrons. The predicted octanol–water partition coefficient (Wildman–Crippen LogP) is 3.09. The molecule has 2 heterocycles. The van der Waals surface area contributed by atoms with Crippen LogP contribution in [0.1, 0.15) is 6.42 Å². The highest BCUT2D eigenvalue weighted by Crippen LogP contribution is 2.21. The lowest BCUT2D eigenvalue weighted by Crippen LogP contribution is -2.32. The van der Waals surface area contributed by atoms with E-state index in [0.717, 1.165) is 18.5 Å². The van der Waals surface area contributed by atoms with E-state index in [4.69, 9.17) is 4.52 Å². The SMILES string of the molecule is CN(CCCn1ccnc1)C(=O)Nc1cc(-c2ccccc2)on1. The summed E-state index contributed by atoms with van der Waals surface area (Å²) < 4.78 is 7.25. The maximum absolute atomic E-state index is 12.2. The molecule has 0 atom stereocenters.